The van der Waals surface area contributed by atoms with E-state index < -0.39 is 0 Å². The molecule has 4 aliphatic heterocycles. The van der Waals surface area contributed by atoms with E-state index in [0.29, 0.717) is 0 Å². The molecule has 4 heteroatoms. The fraction of sp³-hybridized carbons (Fsp3) is 0.284. The zero-order valence-corrected chi connectivity index (χ0v) is 43.3. The number of para-hydroxylation sites is 1. The molecule has 1 fully saturated rings. The van der Waals surface area contributed by atoms with Crippen molar-refractivity contribution < 1.29 is 0 Å². The fourth-order valence-electron chi connectivity index (χ4n) is 15.1. The van der Waals surface area contributed by atoms with Gasteiger partial charge in [-0.2, -0.15) is 0 Å². The van der Waals surface area contributed by atoms with Crippen molar-refractivity contribution in [3.8, 4) is 22.3 Å². The predicted molar refractivity (Wildman–Crippen MR) is 302 cm³/mol. The summed E-state index contributed by atoms with van der Waals surface area (Å²) in [4.78, 5) is 8.20. The summed E-state index contributed by atoms with van der Waals surface area (Å²) >= 11 is 0. The summed E-state index contributed by atoms with van der Waals surface area (Å²) < 4.78 is 0. The van der Waals surface area contributed by atoms with E-state index in [-0.39, 0.29) is 33.9 Å². The van der Waals surface area contributed by atoms with Crippen molar-refractivity contribution in [3.63, 3.8) is 0 Å². The van der Waals surface area contributed by atoms with Gasteiger partial charge < -0.3 is 14.7 Å². The van der Waals surface area contributed by atoms with Gasteiger partial charge in [-0.15, -0.1) is 0 Å². The first-order valence-electron chi connectivity index (χ1n) is 26.4. The van der Waals surface area contributed by atoms with Crippen LogP contribution in [-0.2, 0) is 21.7 Å². The van der Waals surface area contributed by atoms with Crippen LogP contribution in [0.2, 0.25) is 0 Å². The summed E-state index contributed by atoms with van der Waals surface area (Å²) in [6.45, 7) is 24.2. The highest BCUT2D eigenvalue weighted by molar-refractivity contribution is 7.00. The Morgan fingerprint density at radius 2 is 1.11 bits per heavy atom. The Morgan fingerprint density at radius 1 is 0.479 bits per heavy atom. The average Bonchev–Trinajstić information content (AvgIpc) is 3.75. The normalized spacial score (nSPS) is 21.8. The zero-order chi connectivity index (χ0) is 48.7. The summed E-state index contributed by atoms with van der Waals surface area (Å²) in [6.07, 6.45) is 4.87. The molecule has 2 aliphatic carbocycles. The van der Waals surface area contributed by atoms with Gasteiger partial charge in [-0.3, -0.25) is 0 Å². The van der Waals surface area contributed by atoms with Crippen LogP contribution >= 0.6 is 0 Å². The van der Waals surface area contributed by atoms with E-state index in [1.54, 1.807) is 0 Å². The lowest BCUT2D eigenvalue weighted by Crippen LogP contribution is -2.62. The van der Waals surface area contributed by atoms with E-state index in [1.807, 2.05) is 0 Å². The lowest BCUT2D eigenvalue weighted by Gasteiger charge is -2.52. The molecule has 0 N–H and O–H groups in total. The van der Waals surface area contributed by atoms with Gasteiger partial charge in [0.1, 0.15) is 0 Å². The summed E-state index contributed by atoms with van der Waals surface area (Å²) in [5.74, 6) is 0. The SMILES string of the molecule is Cc1cc2c3c4c1C1(C)c5ccccc5-c5cccc(c51)N4c1cc(C(C)(C)C)ccc1B3c1ccc(N3c4ccccc4C4(C)CCCCC34C)cc1N2c1ccc(C(C)(C)C)cc1-c1ccccc1. The molecule has 0 radical (unpaired) electrons. The molecule has 3 atom stereocenters. The molecule has 0 saturated heterocycles. The van der Waals surface area contributed by atoms with Crippen LogP contribution in [0.25, 0.3) is 22.3 Å². The van der Waals surface area contributed by atoms with E-state index in [0.717, 1.165) is 6.42 Å². The Balaban J connectivity index is 1.12. The van der Waals surface area contributed by atoms with Gasteiger partial charge in [0, 0.05) is 50.5 Å². The number of rotatable bonds is 3. The number of benzene rings is 8. The van der Waals surface area contributed by atoms with E-state index in [4.69, 9.17) is 0 Å². The minimum Gasteiger partial charge on any atom is -0.334 e. The van der Waals surface area contributed by atoms with Crippen molar-refractivity contribution >= 4 is 68.6 Å². The minimum absolute atomic E-state index is 0.000295. The van der Waals surface area contributed by atoms with Crippen molar-refractivity contribution in [2.45, 2.75) is 122 Å². The molecule has 3 nitrogen and oxygen atoms in total. The number of aryl methyl sites for hydroxylation is 1. The highest BCUT2D eigenvalue weighted by Gasteiger charge is 2.59. The zero-order valence-electron chi connectivity index (χ0n) is 43.3. The Labute approximate surface area is 422 Å². The molecule has 4 heterocycles. The maximum Gasteiger partial charge on any atom is 0.252 e. The monoisotopic (exact) mass is 922 g/mol. The van der Waals surface area contributed by atoms with E-state index >= 15 is 0 Å². The smallest absolute Gasteiger partial charge is 0.252 e. The Morgan fingerprint density at radius 3 is 1.89 bits per heavy atom. The summed E-state index contributed by atoms with van der Waals surface area (Å²) in [5.41, 5.74) is 29.0. The summed E-state index contributed by atoms with van der Waals surface area (Å²) in [7, 11) is 0. The van der Waals surface area contributed by atoms with Crippen molar-refractivity contribution in [1.29, 1.82) is 0 Å². The lowest BCUT2D eigenvalue weighted by molar-refractivity contribution is 0.195. The van der Waals surface area contributed by atoms with Crippen LogP contribution in [0.1, 0.15) is 127 Å². The molecule has 6 aliphatic rings. The van der Waals surface area contributed by atoms with Gasteiger partial charge in [0.05, 0.1) is 16.9 Å². The van der Waals surface area contributed by atoms with Gasteiger partial charge >= 0.3 is 0 Å². The maximum atomic E-state index is 2.77. The number of hydrogen-bond acceptors (Lipinski definition) is 3. The van der Waals surface area contributed by atoms with Crippen molar-refractivity contribution in [3.05, 3.63) is 197 Å². The second kappa shape index (κ2) is 14.2. The van der Waals surface area contributed by atoms with Crippen LogP contribution in [0.4, 0.5) is 45.5 Å². The number of hydrogen-bond donors (Lipinski definition) is 0. The topological polar surface area (TPSA) is 9.72 Å². The summed E-state index contributed by atoms with van der Waals surface area (Å²) in [5, 5.41) is 0. The van der Waals surface area contributed by atoms with Gasteiger partial charge in [0.15, 0.2) is 0 Å². The average molecular weight is 922 g/mol. The van der Waals surface area contributed by atoms with Gasteiger partial charge in [0.2, 0.25) is 0 Å². The molecule has 350 valence electrons. The third-order valence-corrected chi connectivity index (χ3v) is 18.8. The number of fused-ring (bicyclic) bond motifs is 13. The van der Waals surface area contributed by atoms with Crippen LogP contribution < -0.4 is 31.1 Å². The van der Waals surface area contributed by atoms with Gasteiger partial charge in [-0.05, 0) is 165 Å². The first-order valence-corrected chi connectivity index (χ1v) is 26.4. The van der Waals surface area contributed by atoms with Crippen LogP contribution in [0.15, 0.2) is 158 Å². The maximum absolute atomic E-state index is 2.77. The molecule has 0 spiro atoms. The number of anilines is 8. The predicted octanol–water partition coefficient (Wildman–Crippen LogP) is 15.7. The van der Waals surface area contributed by atoms with Crippen LogP contribution in [0.5, 0.6) is 0 Å². The molecule has 71 heavy (non-hydrogen) atoms. The largest absolute Gasteiger partial charge is 0.334 e. The highest BCUT2D eigenvalue weighted by Crippen LogP contribution is 2.65. The van der Waals surface area contributed by atoms with Crippen molar-refractivity contribution in [2.24, 2.45) is 0 Å². The van der Waals surface area contributed by atoms with Crippen LogP contribution in [0, 0.1) is 6.92 Å². The molecule has 0 bridgehead atoms. The molecule has 8 aromatic carbocycles. The first kappa shape index (κ1) is 43.0. The van der Waals surface area contributed by atoms with Crippen molar-refractivity contribution in [2.75, 3.05) is 14.7 Å². The third-order valence-electron chi connectivity index (χ3n) is 18.8. The minimum atomic E-state index is -0.346. The van der Waals surface area contributed by atoms with Gasteiger partial charge in [-0.25, -0.2) is 0 Å². The Hall–Kier alpha value is -6.78. The van der Waals surface area contributed by atoms with Gasteiger partial charge in [-0.1, -0.05) is 171 Å². The molecule has 8 aromatic rings. The second-order valence-corrected chi connectivity index (χ2v) is 24.6. The van der Waals surface area contributed by atoms with Gasteiger partial charge in [0.25, 0.3) is 6.71 Å². The molecule has 0 amide bonds. The molecular formula is C67H64BN3. The van der Waals surface area contributed by atoms with Crippen molar-refractivity contribution in [1.82, 2.24) is 0 Å². The van der Waals surface area contributed by atoms with Crippen LogP contribution in [0.3, 0.4) is 0 Å². The molecule has 14 rings (SSSR count). The molecule has 3 unspecified atom stereocenters. The Bertz CT molecular complexity index is 3610. The number of nitrogens with zero attached hydrogens (tertiary/aromatic N) is 3. The quantitative estimate of drug-likeness (QED) is 0.164. The first-order chi connectivity index (χ1) is 34.0. The standard InChI is InChI=1S/C67H64BN3/c1-41-37-58-61-62-59(41)67(10)49-25-15-14-23-46(49)47-24-20-28-55(60(47)67)70(62)56-39-44(64(5,6)7)29-32-51(56)68(61)52-33-31-45(71-54-27-17-16-26-50(54)65(8)35-18-19-36-66(65,71)9)40-57(52)69(58)53-34-30-43(63(2,3)4)38-48(53)42-21-12-11-13-22-42/h11-17,20-34,37-40H,18-19,35-36H2,1-10H3. The van der Waals surface area contributed by atoms with Crippen LogP contribution in [-0.4, -0.2) is 12.3 Å². The third kappa shape index (κ3) is 5.47. The molecular weight excluding hydrogens is 858 g/mol. The molecule has 0 aromatic heterocycles. The Kier molecular flexibility index (Phi) is 8.62. The molecule has 1 saturated carbocycles. The van der Waals surface area contributed by atoms with E-state index in [9.17, 15) is 0 Å². The van der Waals surface area contributed by atoms with E-state index in [1.165, 1.54) is 142 Å². The summed E-state index contributed by atoms with van der Waals surface area (Å²) in [6, 6.07) is 62.0. The van der Waals surface area contributed by atoms with E-state index in [2.05, 4.69) is 242 Å². The second-order valence-electron chi connectivity index (χ2n) is 24.6. The lowest BCUT2D eigenvalue weighted by atomic mass is 9.32. The highest BCUT2D eigenvalue weighted by atomic mass is 15.3. The fourth-order valence-corrected chi connectivity index (χ4v) is 15.1.